The lowest BCUT2D eigenvalue weighted by atomic mass is 10.1. The number of methoxy groups -OCH3 is 1. The first kappa shape index (κ1) is 19.2. The number of aliphatic imine (C=N–C) groups is 1. The molecule has 0 saturated heterocycles. The van der Waals surface area contributed by atoms with Crippen LogP contribution in [0.4, 0.5) is 0 Å². The fourth-order valence-electron chi connectivity index (χ4n) is 2.22. The summed E-state index contributed by atoms with van der Waals surface area (Å²) in [5.41, 5.74) is 2.24. The summed E-state index contributed by atoms with van der Waals surface area (Å²) in [6, 6.07) is 6.19. The molecule has 2 aromatic rings. The lowest BCUT2D eigenvalue weighted by Crippen LogP contribution is -2.36. The quantitative estimate of drug-likeness (QED) is 0.429. The average molecular weight is 362 g/mol. The first-order valence-corrected chi connectivity index (χ1v) is 9.01. The number of benzene rings is 1. The molecule has 1 heterocycles. The van der Waals surface area contributed by atoms with Gasteiger partial charge in [-0.25, -0.2) is 4.98 Å². The van der Waals surface area contributed by atoms with Crippen LogP contribution in [0.25, 0.3) is 0 Å². The molecule has 0 aliphatic carbocycles. The van der Waals surface area contributed by atoms with Crippen LogP contribution in [-0.4, -0.2) is 38.3 Å². The van der Waals surface area contributed by atoms with Gasteiger partial charge in [-0.15, -0.1) is 11.3 Å². The minimum Gasteiger partial charge on any atom is -0.491 e. The maximum Gasteiger partial charge on any atom is 0.191 e. The highest BCUT2D eigenvalue weighted by molar-refractivity contribution is 7.11. The molecular weight excluding hydrogens is 336 g/mol. The van der Waals surface area contributed by atoms with E-state index in [2.05, 4.69) is 46.6 Å². The van der Waals surface area contributed by atoms with Gasteiger partial charge in [0.05, 0.1) is 13.2 Å². The summed E-state index contributed by atoms with van der Waals surface area (Å²) in [5.74, 6) is 1.60. The van der Waals surface area contributed by atoms with Crippen molar-refractivity contribution in [1.29, 1.82) is 0 Å². The molecule has 25 heavy (non-hydrogen) atoms. The second kappa shape index (κ2) is 10.0. The van der Waals surface area contributed by atoms with Crippen molar-refractivity contribution in [3.8, 4) is 5.75 Å². The van der Waals surface area contributed by atoms with Gasteiger partial charge in [-0.2, -0.15) is 0 Å². The lowest BCUT2D eigenvalue weighted by molar-refractivity contribution is 0.145. The monoisotopic (exact) mass is 362 g/mol. The summed E-state index contributed by atoms with van der Waals surface area (Å²) >= 11 is 1.68. The predicted molar refractivity (Wildman–Crippen MR) is 102 cm³/mol. The van der Waals surface area contributed by atoms with Gasteiger partial charge in [0.15, 0.2) is 5.96 Å². The summed E-state index contributed by atoms with van der Waals surface area (Å²) in [6.45, 7) is 6.48. The molecule has 1 aromatic heterocycles. The van der Waals surface area contributed by atoms with Crippen LogP contribution in [0.1, 0.15) is 21.0 Å². The van der Waals surface area contributed by atoms with E-state index in [1.165, 1.54) is 4.88 Å². The molecule has 2 rings (SSSR count). The first-order valence-electron chi connectivity index (χ1n) is 8.19. The van der Waals surface area contributed by atoms with Gasteiger partial charge < -0.3 is 20.1 Å². The number of rotatable bonds is 8. The normalized spacial score (nSPS) is 11.4. The Bertz CT molecular complexity index is 700. The molecule has 0 radical (unpaired) electrons. The van der Waals surface area contributed by atoms with Crippen LogP contribution >= 0.6 is 11.3 Å². The summed E-state index contributed by atoms with van der Waals surface area (Å²) in [6.07, 6.45) is 1.88. The van der Waals surface area contributed by atoms with Gasteiger partial charge in [-0.05, 0) is 25.5 Å². The molecule has 0 amide bonds. The second-order valence-electron chi connectivity index (χ2n) is 5.60. The third-order valence-electron chi connectivity index (χ3n) is 3.51. The van der Waals surface area contributed by atoms with Crippen molar-refractivity contribution in [2.45, 2.75) is 26.9 Å². The van der Waals surface area contributed by atoms with Crippen molar-refractivity contribution in [2.24, 2.45) is 4.99 Å². The van der Waals surface area contributed by atoms with E-state index >= 15 is 0 Å². The van der Waals surface area contributed by atoms with Crippen molar-refractivity contribution in [3.63, 3.8) is 0 Å². The van der Waals surface area contributed by atoms with Crippen molar-refractivity contribution < 1.29 is 9.47 Å². The van der Waals surface area contributed by atoms with Crippen molar-refractivity contribution in [3.05, 3.63) is 45.4 Å². The Hall–Kier alpha value is -2.12. The topological polar surface area (TPSA) is 67.8 Å². The first-order chi connectivity index (χ1) is 12.1. The van der Waals surface area contributed by atoms with Crippen molar-refractivity contribution in [1.82, 2.24) is 15.6 Å². The van der Waals surface area contributed by atoms with E-state index in [9.17, 15) is 0 Å². The van der Waals surface area contributed by atoms with Crippen LogP contribution in [0.5, 0.6) is 5.75 Å². The fraction of sp³-hybridized carbons (Fsp3) is 0.444. The van der Waals surface area contributed by atoms with E-state index in [-0.39, 0.29) is 0 Å². The molecule has 0 bridgehead atoms. The molecule has 136 valence electrons. The number of aryl methyl sites for hydroxylation is 2. The Labute approximate surface area is 153 Å². The van der Waals surface area contributed by atoms with Crippen LogP contribution in [0.3, 0.4) is 0 Å². The SMILES string of the molecule is CN=C(NCc1ncc(C)s1)NCc1ccc(C)cc1OCCOC. The number of nitrogens with one attached hydrogen (secondary N) is 2. The van der Waals surface area contributed by atoms with Crippen LogP contribution in [0.2, 0.25) is 0 Å². The fourth-order valence-corrected chi connectivity index (χ4v) is 2.95. The van der Waals surface area contributed by atoms with E-state index < -0.39 is 0 Å². The smallest absolute Gasteiger partial charge is 0.191 e. The highest BCUT2D eigenvalue weighted by atomic mass is 32.1. The lowest BCUT2D eigenvalue weighted by Gasteiger charge is -2.15. The molecule has 1 aromatic carbocycles. The molecule has 6 nitrogen and oxygen atoms in total. The molecule has 0 aliphatic rings. The highest BCUT2D eigenvalue weighted by Crippen LogP contribution is 2.20. The Balaban J connectivity index is 1.91. The van der Waals surface area contributed by atoms with E-state index in [0.29, 0.717) is 26.3 Å². The largest absolute Gasteiger partial charge is 0.491 e. The summed E-state index contributed by atoms with van der Waals surface area (Å²) < 4.78 is 10.9. The third-order valence-corrected chi connectivity index (χ3v) is 4.43. The zero-order valence-electron chi connectivity index (χ0n) is 15.3. The third kappa shape index (κ3) is 6.36. The Kier molecular flexibility index (Phi) is 7.69. The zero-order chi connectivity index (χ0) is 18.1. The van der Waals surface area contributed by atoms with Gasteiger partial charge in [0.2, 0.25) is 0 Å². The molecule has 0 unspecified atom stereocenters. The van der Waals surface area contributed by atoms with Crippen LogP contribution in [0, 0.1) is 13.8 Å². The molecular formula is C18H26N4O2S. The number of nitrogens with zero attached hydrogens (tertiary/aromatic N) is 2. The van der Waals surface area contributed by atoms with Gasteiger partial charge >= 0.3 is 0 Å². The minimum atomic E-state index is 0.531. The molecule has 0 fully saturated rings. The van der Waals surface area contributed by atoms with Gasteiger partial charge in [0.1, 0.15) is 17.4 Å². The van der Waals surface area contributed by atoms with Crippen molar-refractivity contribution in [2.75, 3.05) is 27.4 Å². The second-order valence-corrected chi connectivity index (χ2v) is 6.92. The van der Waals surface area contributed by atoms with Crippen LogP contribution < -0.4 is 15.4 Å². The summed E-state index contributed by atoms with van der Waals surface area (Å²) in [7, 11) is 3.43. The minimum absolute atomic E-state index is 0.531. The zero-order valence-corrected chi connectivity index (χ0v) is 16.1. The van der Waals surface area contributed by atoms with E-state index in [1.54, 1.807) is 25.5 Å². The number of hydrogen-bond donors (Lipinski definition) is 2. The number of thiazole rings is 1. The highest BCUT2D eigenvalue weighted by Gasteiger charge is 2.07. The van der Waals surface area contributed by atoms with Crippen molar-refractivity contribution >= 4 is 17.3 Å². The molecule has 0 atom stereocenters. The molecule has 0 saturated carbocycles. The van der Waals surface area contributed by atoms with E-state index in [0.717, 1.165) is 27.8 Å². The predicted octanol–water partition coefficient (Wildman–Crippen LogP) is 2.65. The maximum atomic E-state index is 5.82. The molecule has 0 aliphatic heterocycles. The van der Waals surface area contributed by atoms with Gasteiger partial charge in [-0.3, -0.25) is 4.99 Å². The average Bonchev–Trinajstić information content (AvgIpc) is 3.02. The van der Waals surface area contributed by atoms with Gasteiger partial charge in [-0.1, -0.05) is 12.1 Å². The number of guanidine groups is 1. The van der Waals surface area contributed by atoms with Crippen LogP contribution in [0.15, 0.2) is 29.4 Å². The van der Waals surface area contributed by atoms with Crippen LogP contribution in [-0.2, 0) is 17.8 Å². The summed E-state index contributed by atoms with van der Waals surface area (Å²) in [4.78, 5) is 9.81. The van der Waals surface area contributed by atoms with E-state index in [4.69, 9.17) is 9.47 Å². The number of aromatic nitrogens is 1. The standard InChI is InChI=1S/C18H26N4O2S/c1-13-5-6-15(16(9-13)24-8-7-23-4)11-21-18(19-3)22-12-17-20-10-14(2)25-17/h5-6,9-10H,7-8,11-12H2,1-4H3,(H2,19,21,22). The van der Waals surface area contributed by atoms with Gasteiger partial charge in [0.25, 0.3) is 0 Å². The van der Waals surface area contributed by atoms with Gasteiger partial charge in [0, 0.05) is 37.3 Å². The van der Waals surface area contributed by atoms with E-state index in [1.807, 2.05) is 12.3 Å². The molecule has 7 heteroatoms. The molecule has 2 N–H and O–H groups in total. The molecule has 0 spiro atoms. The Morgan fingerprint density at radius 1 is 1.20 bits per heavy atom. The number of hydrogen-bond acceptors (Lipinski definition) is 5. The summed E-state index contributed by atoms with van der Waals surface area (Å²) in [5, 5.41) is 7.64. The number of ether oxygens (including phenoxy) is 2. The maximum absolute atomic E-state index is 5.82. The Morgan fingerprint density at radius 3 is 2.68 bits per heavy atom. The Morgan fingerprint density at radius 2 is 2.00 bits per heavy atom.